The summed E-state index contributed by atoms with van der Waals surface area (Å²) < 4.78 is 0. The average molecular weight is 300 g/mol. The van der Waals surface area contributed by atoms with E-state index in [0.717, 1.165) is 6.42 Å². The van der Waals surface area contributed by atoms with Crippen LogP contribution in [0.3, 0.4) is 0 Å². The van der Waals surface area contributed by atoms with Crippen LogP contribution in [0.4, 0.5) is 0 Å². The predicted octanol–water partition coefficient (Wildman–Crippen LogP) is 0.666. The number of thioether (sulfide) groups is 1. The van der Waals surface area contributed by atoms with Gasteiger partial charge in [0.15, 0.2) is 0 Å². The Balaban J connectivity index is 2.10. The van der Waals surface area contributed by atoms with Crippen LogP contribution in [-0.2, 0) is 14.4 Å². The Morgan fingerprint density at radius 3 is 2.70 bits per heavy atom. The molecule has 20 heavy (non-hydrogen) atoms. The topological polar surface area (TPSA) is 86.7 Å². The summed E-state index contributed by atoms with van der Waals surface area (Å²) in [6.45, 7) is 5.45. The number of carbonyl (C=O) groups is 3. The first-order chi connectivity index (χ1) is 9.26. The largest absolute Gasteiger partial charge is 0.480 e. The molecule has 7 heteroatoms. The number of rotatable bonds is 4. The fourth-order valence-electron chi connectivity index (χ4n) is 2.78. The second-order valence-electron chi connectivity index (χ2n) is 5.83. The SMILES string of the molecule is CC(C)[C@H](NC(=O)C1CSC2(C)CCC(=O)N12)C(=O)O. The van der Waals surface area contributed by atoms with Crippen LogP contribution in [0.5, 0.6) is 0 Å². The van der Waals surface area contributed by atoms with E-state index >= 15 is 0 Å². The molecule has 2 aliphatic rings. The molecule has 2 heterocycles. The number of hydrogen-bond donors (Lipinski definition) is 2. The summed E-state index contributed by atoms with van der Waals surface area (Å²) in [4.78, 5) is 36.7. The molecule has 2 fully saturated rings. The average Bonchev–Trinajstić information content (AvgIpc) is 2.83. The molecule has 2 amide bonds. The minimum absolute atomic E-state index is 0.0194. The number of nitrogens with zero attached hydrogens (tertiary/aromatic N) is 1. The van der Waals surface area contributed by atoms with Gasteiger partial charge < -0.3 is 15.3 Å². The lowest BCUT2D eigenvalue weighted by Crippen LogP contribution is -2.54. The molecule has 0 aromatic heterocycles. The third-order valence-electron chi connectivity index (χ3n) is 3.98. The molecule has 0 saturated carbocycles. The van der Waals surface area contributed by atoms with Gasteiger partial charge in [-0.05, 0) is 19.3 Å². The molecule has 0 aromatic carbocycles. The number of carboxylic acids is 1. The molecule has 3 atom stereocenters. The summed E-state index contributed by atoms with van der Waals surface area (Å²) in [5.41, 5.74) is 0. The molecule has 2 saturated heterocycles. The van der Waals surface area contributed by atoms with Crippen molar-refractivity contribution < 1.29 is 19.5 Å². The lowest BCUT2D eigenvalue weighted by Gasteiger charge is -2.30. The highest BCUT2D eigenvalue weighted by molar-refractivity contribution is 8.01. The van der Waals surface area contributed by atoms with Gasteiger partial charge in [0, 0.05) is 12.2 Å². The van der Waals surface area contributed by atoms with Gasteiger partial charge in [-0.2, -0.15) is 0 Å². The Bertz CT molecular complexity index is 454. The van der Waals surface area contributed by atoms with Crippen molar-refractivity contribution >= 4 is 29.5 Å². The second kappa shape index (κ2) is 5.27. The van der Waals surface area contributed by atoms with Crippen molar-refractivity contribution in [2.24, 2.45) is 5.92 Å². The third-order valence-corrected chi connectivity index (χ3v) is 5.48. The summed E-state index contributed by atoms with van der Waals surface area (Å²) in [6.07, 6.45) is 1.20. The van der Waals surface area contributed by atoms with Crippen LogP contribution in [0, 0.1) is 5.92 Å². The van der Waals surface area contributed by atoms with E-state index in [1.165, 1.54) is 0 Å². The Hall–Kier alpha value is -1.24. The first kappa shape index (κ1) is 15.2. The quantitative estimate of drug-likeness (QED) is 0.797. The van der Waals surface area contributed by atoms with Gasteiger partial charge in [0.2, 0.25) is 11.8 Å². The summed E-state index contributed by atoms with van der Waals surface area (Å²) in [7, 11) is 0. The second-order valence-corrected chi connectivity index (χ2v) is 7.34. The standard InChI is InChI=1S/C13H20N2O4S/c1-7(2)10(12(18)19)14-11(17)8-6-20-13(3)5-4-9(16)15(8)13/h7-8,10H,4-6H2,1-3H3,(H,14,17)(H,18,19)/t8?,10-,13?/m0/s1. The Morgan fingerprint density at radius 1 is 1.50 bits per heavy atom. The smallest absolute Gasteiger partial charge is 0.326 e. The van der Waals surface area contributed by atoms with E-state index in [2.05, 4.69) is 5.32 Å². The highest BCUT2D eigenvalue weighted by atomic mass is 32.2. The van der Waals surface area contributed by atoms with Crippen LogP contribution >= 0.6 is 11.8 Å². The van der Waals surface area contributed by atoms with Crippen molar-refractivity contribution in [1.29, 1.82) is 0 Å². The predicted molar refractivity (Wildman–Crippen MR) is 75.1 cm³/mol. The molecule has 2 N–H and O–H groups in total. The normalized spacial score (nSPS) is 30.5. The summed E-state index contributed by atoms with van der Waals surface area (Å²) in [6, 6.07) is -1.47. The molecule has 0 spiro atoms. The van der Waals surface area contributed by atoms with Crippen LogP contribution < -0.4 is 5.32 Å². The van der Waals surface area contributed by atoms with Gasteiger partial charge in [-0.1, -0.05) is 13.8 Å². The number of hydrogen-bond acceptors (Lipinski definition) is 4. The first-order valence-electron chi connectivity index (χ1n) is 6.75. The van der Waals surface area contributed by atoms with Crippen LogP contribution in [0.2, 0.25) is 0 Å². The highest BCUT2D eigenvalue weighted by Crippen LogP contribution is 2.47. The van der Waals surface area contributed by atoms with Crippen LogP contribution in [0.1, 0.15) is 33.6 Å². The molecule has 2 aliphatic heterocycles. The van der Waals surface area contributed by atoms with Crippen molar-refractivity contribution in [1.82, 2.24) is 10.2 Å². The number of nitrogens with one attached hydrogen (secondary N) is 1. The van der Waals surface area contributed by atoms with Gasteiger partial charge in [0.25, 0.3) is 0 Å². The van der Waals surface area contributed by atoms with Gasteiger partial charge in [-0.3, -0.25) is 9.59 Å². The van der Waals surface area contributed by atoms with E-state index in [1.54, 1.807) is 30.5 Å². The van der Waals surface area contributed by atoms with Crippen molar-refractivity contribution in [2.45, 2.75) is 50.6 Å². The van der Waals surface area contributed by atoms with E-state index in [1.807, 2.05) is 6.92 Å². The van der Waals surface area contributed by atoms with Gasteiger partial charge in [0.1, 0.15) is 12.1 Å². The van der Waals surface area contributed by atoms with Gasteiger partial charge in [0.05, 0.1) is 4.87 Å². The number of amides is 2. The van der Waals surface area contributed by atoms with E-state index in [-0.39, 0.29) is 22.6 Å². The number of fused-ring (bicyclic) bond motifs is 1. The fraction of sp³-hybridized carbons (Fsp3) is 0.769. The summed E-state index contributed by atoms with van der Waals surface area (Å²) >= 11 is 1.60. The zero-order valence-electron chi connectivity index (χ0n) is 11.9. The van der Waals surface area contributed by atoms with E-state index in [4.69, 9.17) is 5.11 Å². The van der Waals surface area contributed by atoms with E-state index in [9.17, 15) is 14.4 Å². The molecular formula is C13H20N2O4S. The van der Waals surface area contributed by atoms with Crippen molar-refractivity contribution in [2.75, 3.05) is 5.75 Å². The molecule has 0 bridgehead atoms. The zero-order valence-corrected chi connectivity index (χ0v) is 12.7. The lowest BCUT2D eigenvalue weighted by atomic mass is 10.0. The van der Waals surface area contributed by atoms with Crippen molar-refractivity contribution in [3.8, 4) is 0 Å². The van der Waals surface area contributed by atoms with Gasteiger partial charge in [-0.25, -0.2) is 4.79 Å². The number of carboxylic acid groups (broad SMARTS) is 1. The number of aliphatic carboxylic acids is 1. The van der Waals surface area contributed by atoms with E-state index in [0.29, 0.717) is 12.2 Å². The molecule has 0 aliphatic carbocycles. The maximum atomic E-state index is 12.3. The van der Waals surface area contributed by atoms with Crippen LogP contribution in [0.25, 0.3) is 0 Å². The number of carbonyl (C=O) groups excluding carboxylic acids is 2. The molecular weight excluding hydrogens is 280 g/mol. The molecule has 0 aromatic rings. The van der Waals surface area contributed by atoms with Crippen molar-refractivity contribution in [3.63, 3.8) is 0 Å². The molecule has 112 valence electrons. The van der Waals surface area contributed by atoms with Crippen molar-refractivity contribution in [3.05, 3.63) is 0 Å². The van der Waals surface area contributed by atoms with Crippen LogP contribution in [-0.4, -0.2) is 50.5 Å². The first-order valence-corrected chi connectivity index (χ1v) is 7.74. The molecule has 2 rings (SSSR count). The van der Waals surface area contributed by atoms with E-state index < -0.39 is 18.1 Å². The Morgan fingerprint density at radius 2 is 2.15 bits per heavy atom. The monoisotopic (exact) mass is 300 g/mol. The Labute approximate surface area is 122 Å². The minimum atomic E-state index is -1.05. The molecule has 0 radical (unpaired) electrons. The third kappa shape index (κ3) is 2.51. The molecule has 6 nitrogen and oxygen atoms in total. The minimum Gasteiger partial charge on any atom is -0.480 e. The summed E-state index contributed by atoms with van der Waals surface area (Å²) in [5.74, 6) is -1.11. The summed E-state index contributed by atoms with van der Waals surface area (Å²) in [5, 5.41) is 11.7. The van der Waals surface area contributed by atoms with Gasteiger partial charge >= 0.3 is 5.97 Å². The highest BCUT2D eigenvalue weighted by Gasteiger charge is 2.53. The van der Waals surface area contributed by atoms with Crippen LogP contribution in [0.15, 0.2) is 0 Å². The Kier molecular flexibility index (Phi) is 4.00. The molecule has 2 unspecified atom stereocenters. The fourth-order valence-corrected chi connectivity index (χ4v) is 4.21. The maximum Gasteiger partial charge on any atom is 0.326 e. The van der Waals surface area contributed by atoms with Gasteiger partial charge in [-0.15, -0.1) is 11.8 Å². The lowest BCUT2D eigenvalue weighted by molar-refractivity contribution is -0.145. The maximum absolute atomic E-state index is 12.3. The zero-order chi connectivity index (χ0) is 15.1.